The molecule has 7 aromatic rings. The van der Waals surface area contributed by atoms with Crippen molar-refractivity contribution in [3.63, 3.8) is 0 Å². The molecule has 0 bridgehead atoms. The Kier molecular flexibility index (Phi) is 6.78. The van der Waals surface area contributed by atoms with Gasteiger partial charge in [-0.3, -0.25) is 0 Å². The number of nitrogens with one attached hydrogen (secondary N) is 1. The molecule has 1 aliphatic heterocycles. The Morgan fingerprint density at radius 3 is 1.48 bits per heavy atom. The quantitative estimate of drug-likeness (QED) is 0.210. The highest BCUT2D eigenvalue weighted by Gasteiger charge is 2.21. The first-order valence-electron chi connectivity index (χ1n) is 15.0. The molecule has 1 aromatic heterocycles. The first-order valence-corrected chi connectivity index (χ1v) is 15.8. The van der Waals surface area contributed by atoms with Crippen LogP contribution in [0.1, 0.15) is 5.56 Å². The molecule has 44 heavy (non-hydrogen) atoms. The molecule has 3 heteroatoms. The molecule has 0 unspecified atom stereocenters. The third-order valence-corrected chi connectivity index (χ3v) is 9.45. The van der Waals surface area contributed by atoms with Gasteiger partial charge in [-0.25, -0.2) is 0 Å². The van der Waals surface area contributed by atoms with Crippen molar-refractivity contribution >= 4 is 49.6 Å². The maximum atomic E-state index is 3.58. The SMILES string of the molecule is C1=Cc2c(sc3cccc(N(c4ccc(-c5ccccc5)cc4)c4ccc(-c5ccc(-c6ccccc6)cc5)cc4)c23)NC1. The van der Waals surface area contributed by atoms with Crippen LogP contribution in [0.4, 0.5) is 22.1 Å². The normalized spacial score (nSPS) is 12.1. The molecule has 0 spiro atoms. The van der Waals surface area contributed by atoms with Gasteiger partial charge in [0.25, 0.3) is 0 Å². The number of thiophene rings is 1. The first-order chi connectivity index (χ1) is 21.8. The van der Waals surface area contributed by atoms with Crippen molar-refractivity contribution in [2.75, 3.05) is 16.8 Å². The molecule has 0 saturated carbocycles. The van der Waals surface area contributed by atoms with Crippen LogP contribution in [0.5, 0.6) is 0 Å². The fraction of sp³-hybridized carbons (Fsp3) is 0.0244. The van der Waals surface area contributed by atoms with Gasteiger partial charge in [0.1, 0.15) is 0 Å². The zero-order chi connectivity index (χ0) is 29.3. The second-order valence-corrected chi connectivity index (χ2v) is 12.1. The maximum Gasteiger partial charge on any atom is 0.0971 e. The molecule has 1 N–H and O–H groups in total. The van der Waals surface area contributed by atoms with Gasteiger partial charge in [-0.05, 0) is 69.8 Å². The van der Waals surface area contributed by atoms with Crippen molar-refractivity contribution in [3.05, 3.63) is 163 Å². The summed E-state index contributed by atoms with van der Waals surface area (Å²) >= 11 is 1.83. The number of rotatable bonds is 6. The van der Waals surface area contributed by atoms with E-state index in [0.717, 1.165) is 17.9 Å². The average Bonchev–Trinajstić information content (AvgIpc) is 3.49. The second kappa shape index (κ2) is 11.4. The van der Waals surface area contributed by atoms with Crippen molar-refractivity contribution in [3.8, 4) is 33.4 Å². The molecule has 0 radical (unpaired) electrons. The number of anilines is 4. The lowest BCUT2D eigenvalue weighted by atomic mass is 10.00. The average molecular weight is 583 g/mol. The van der Waals surface area contributed by atoms with Crippen molar-refractivity contribution < 1.29 is 0 Å². The molecule has 0 aliphatic carbocycles. The molecule has 0 atom stereocenters. The third kappa shape index (κ3) is 4.88. The smallest absolute Gasteiger partial charge is 0.0971 e. The van der Waals surface area contributed by atoms with Gasteiger partial charge < -0.3 is 10.2 Å². The van der Waals surface area contributed by atoms with E-state index in [1.165, 1.54) is 59.7 Å². The van der Waals surface area contributed by atoms with Crippen LogP contribution in [0.3, 0.4) is 0 Å². The molecule has 1 aliphatic rings. The first kappa shape index (κ1) is 26.3. The van der Waals surface area contributed by atoms with E-state index in [4.69, 9.17) is 0 Å². The third-order valence-electron chi connectivity index (χ3n) is 8.32. The Bertz CT molecular complexity index is 2070. The molecule has 0 fully saturated rings. The maximum absolute atomic E-state index is 3.58. The van der Waals surface area contributed by atoms with Crippen LogP contribution in [0.15, 0.2) is 158 Å². The van der Waals surface area contributed by atoms with Gasteiger partial charge in [-0.15, -0.1) is 11.3 Å². The van der Waals surface area contributed by atoms with E-state index in [2.05, 4.69) is 174 Å². The van der Waals surface area contributed by atoms with Crippen LogP contribution < -0.4 is 10.2 Å². The minimum Gasteiger partial charge on any atom is -0.373 e. The summed E-state index contributed by atoms with van der Waals surface area (Å²) in [4.78, 5) is 2.40. The number of hydrogen-bond acceptors (Lipinski definition) is 3. The number of hydrogen-bond donors (Lipinski definition) is 1. The largest absolute Gasteiger partial charge is 0.373 e. The molecule has 6 aromatic carbocycles. The van der Waals surface area contributed by atoms with Crippen LogP contribution in [0, 0.1) is 0 Å². The number of fused-ring (bicyclic) bond motifs is 3. The van der Waals surface area contributed by atoms with Crippen molar-refractivity contribution in [1.29, 1.82) is 0 Å². The van der Waals surface area contributed by atoms with E-state index in [0.29, 0.717) is 0 Å². The lowest BCUT2D eigenvalue weighted by Gasteiger charge is -2.27. The van der Waals surface area contributed by atoms with Crippen LogP contribution in [0.2, 0.25) is 0 Å². The summed E-state index contributed by atoms with van der Waals surface area (Å²) in [6.07, 6.45) is 4.48. The topological polar surface area (TPSA) is 15.3 Å². The molecule has 2 heterocycles. The van der Waals surface area contributed by atoms with Crippen molar-refractivity contribution in [2.45, 2.75) is 0 Å². The van der Waals surface area contributed by atoms with E-state index < -0.39 is 0 Å². The summed E-state index contributed by atoms with van der Waals surface area (Å²) in [7, 11) is 0. The van der Waals surface area contributed by atoms with Gasteiger partial charge in [0, 0.05) is 33.6 Å². The highest BCUT2D eigenvalue weighted by atomic mass is 32.1. The summed E-state index contributed by atoms with van der Waals surface area (Å²) in [5, 5.41) is 6.10. The molecule has 0 amide bonds. The number of benzene rings is 6. The van der Waals surface area contributed by atoms with Crippen LogP contribution >= 0.6 is 11.3 Å². The zero-order valence-electron chi connectivity index (χ0n) is 24.2. The van der Waals surface area contributed by atoms with Crippen LogP contribution in [0.25, 0.3) is 49.5 Å². The Balaban J connectivity index is 1.21. The van der Waals surface area contributed by atoms with E-state index in [1.807, 2.05) is 11.3 Å². The zero-order valence-corrected chi connectivity index (χ0v) is 25.0. The molecule has 210 valence electrons. The highest BCUT2D eigenvalue weighted by Crippen LogP contribution is 2.47. The monoisotopic (exact) mass is 582 g/mol. The second-order valence-electron chi connectivity index (χ2n) is 11.0. The summed E-state index contributed by atoms with van der Waals surface area (Å²) in [5.41, 5.74) is 12.0. The lowest BCUT2D eigenvalue weighted by molar-refractivity contribution is 1.30. The van der Waals surface area contributed by atoms with Crippen LogP contribution in [-0.4, -0.2) is 6.54 Å². The predicted octanol–water partition coefficient (Wildman–Crippen LogP) is 11.8. The fourth-order valence-corrected chi connectivity index (χ4v) is 7.23. The van der Waals surface area contributed by atoms with E-state index in [9.17, 15) is 0 Å². The van der Waals surface area contributed by atoms with Gasteiger partial charge in [0.2, 0.25) is 0 Å². The standard InChI is InChI=1S/C41H30N2S/c1-3-9-29(10-4-1)31-16-18-32(19-17-31)34-22-26-36(27-23-34)43(35-24-20-33(21-25-35)30-11-5-2-6-12-30)38-14-7-15-39-40(38)37-13-8-28-42-41(37)44-39/h1-27,42H,28H2. The summed E-state index contributed by atoms with van der Waals surface area (Å²) < 4.78 is 1.28. The Morgan fingerprint density at radius 2 is 0.955 bits per heavy atom. The Morgan fingerprint density at radius 1 is 0.477 bits per heavy atom. The van der Waals surface area contributed by atoms with Crippen molar-refractivity contribution in [2.24, 2.45) is 0 Å². The van der Waals surface area contributed by atoms with E-state index in [1.54, 1.807) is 0 Å². The van der Waals surface area contributed by atoms with E-state index in [-0.39, 0.29) is 0 Å². The van der Waals surface area contributed by atoms with Gasteiger partial charge in [0.05, 0.1) is 10.7 Å². The molecular weight excluding hydrogens is 553 g/mol. The lowest BCUT2D eigenvalue weighted by Crippen LogP contribution is -2.10. The summed E-state index contributed by atoms with van der Waals surface area (Å²) in [6, 6.07) is 54.5. The van der Waals surface area contributed by atoms with Crippen molar-refractivity contribution in [1.82, 2.24) is 0 Å². The van der Waals surface area contributed by atoms with E-state index >= 15 is 0 Å². The minimum absolute atomic E-state index is 0.869. The molecular formula is C41H30N2S. The summed E-state index contributed by atoms with van der Waals surface area (Å²) in [5.74, 6) is 0. The molecule has 8 rings (SSSR count). The molecule has 0 saturated heterocycles. The molecule has 2 nitrogen and oxygen atoms in total. The van der Waals surface area contributed by atoms with Crippen LogP contribution in [-0.2, 0) is 0 Å². The number of nitrogens with zero attached hydrogens (tertiary/aromatic N) is 1. The fourth-order valence-electron chi connectivity index (χ4n) is 6.11. The van der Waals surface area contributed by atoms with Gasteiger partial charge in [-0.1, -0.05) is 127 Å². The van der Waals surface area contributed by atoms with Gasteiger partial charge >= 0.3 is 0 Å². The highest BCUT2D eigenvalue weighted by molar-refractivity contribution is 7.23. The van der Waals surface area contributed by atoms with Gasteiger partial charge in [0.15, 0.2) is 0 Å². The Labute approximate surface area is 262 Å². The Hall–Kier alpha value is -5.38. The minimum atomic E-state index is 0.869. The summed E-state index contributed by atoms with van der Waals surface area (Å²) in [6.45, 7) is 0.869. The van der Waals surface area contributed by atoms with Gasteiger partial charge in [-0.2, -0.15) is 0 Å². The predicted molar refractivity (Wildman–Crippen MR) is 190 cm³/mol.